The van der Waals surface area contributed by atoms with Gasteiger partial charge < -0.3 is 5.73 Å². The Balaban J connectivity index is 1.75. The molecule has 2 N–H and O–H groups in total. The molecule has 0 spiro atoms. The van der Waals surface area contributed by atoms with Crippen molar-refractivity contribution in [2.24, 2.45) is 0 Å². The first-order chi connectivity index (χ1) is 10.2. The van der Waals surface area contributed by atoms with Crippen LogP contribution in [0.2, 0.25) is 0 Å². The smallest absolute Gasteiger partial charge is 0.222 e. The lowest BCUT2D eigenvalue weighted by atomic mass is 9.84. The lowest BCUT2D eigenvalue weighted by Gasteiger charge is -2.25. The Morgan fingerprint density at radius 3 is 2.95 bits per heavy atom. The fourth-order valence-corrected chi connectivity index (χ4v) is 4.31. The second kappa shape index (κ2) is 6.10. The molecular formula is C16H22N4S. The lowest BCUT2D eigenvalue weighted by Crippen LogP contribution is -2.12. The maximum absolute atomic E-state index is 5.90. The molecule has 1 unspecified atom stereocenters. The van der Waals surface area contributed by atoms with Gasteiger partial charge in [0.05, 0.1) is 0 Å². The van der Waals surface area contributed by atoms with Gasteiger partial charge in [0.2, 0.25) is 5.95 Å². The molecule has 2 aromatic rings. The second-order valence-corrected chi connectivity index (χ2v) is 6.89. The molecule has 0 saturated carbocycles. The first-order valence-electron chi connectivity index (χ1n) is 7.57. The Bertz CT molecular complexity index is 620. The maximum Gasteiger partial charge on any atom is 0.222 e. The number of nitrogens with zero attached hydrogens (tertiary/aromatic N) is 3. The Morgan fingerprint density at radius 1 is 1.33 bits per heavy atom. The van der Waals surface area contributed by atoms with E-state index in [1.165, 1.54) is 30.4 Å². The van der Waals surface area contributed by atoms with Gasteiger partial charge in [0.1, 0.15) is 0 Å². The zero-order valence-corrected chi connectivity index (χ0v) is 13.4. The van der Waals surface area contributed by atoms with Crippen LogP contribution in [-0.2, 0) is 6.42 Å². The van der Waals surface area contributed by atoms with E-state index in [0.29, 0.717) is 17.9 Å². The van der Waals surface area contributed by atoms with Gasteiger partial charge in [-0.3, -0.25) is 4.57 Å². The van der Waals surface area contributed by atoms with Gasteiger partial charge in [-0.25, -0.2) is 0 Å². The van der Waals surface area contributed by atoms with Crippen molar-refractivity contribution < 1.29 is 0 Å². The zero-order chi connectivity index (χ0) is 14.8. The molecule has 1 aromatic carbocycles. The van der Waals surface area contributed by atoms with Gasteiger partial charge in [0, 0.05) is 11.8 Å². The fraction of sp³-hybridized carbons (Fsp3) is 0.500. The molecule has 3 rings (SSSR count). The number of nitrogen functional groups attached to an aromatic ring is 1. The minimum Gasteiger partial charge on any atom is -0.368 e. The van der Waals surface area contributed by atoms with Crippen LogP contribution in [0, 0.1) is 0 Å². The van der Waals surface area contributed by atoms with Gasteiger partial charge >= 0.3 is 0 Å². The first kappa shape index (κ1) is 14.4. The minimum atomic E-state index is 0.293. The third-order valence-electron chi connectivity index (χ3n) is 4.11. The van der Waals surface area contributed by atoms with E-state index in [2.05, 4.69) is 48.3 Å². The molecule has 4 nitrogen and oxygen atoms in total. The molecule has 1 aliphatic carbocycles. The summed E-state index contributed by atoms with van der Waals surface area (Å²) < 4.78 is 2.01. The summed E-state index contributed by atoms with van der Waals surface area (Å²) in [6.45, 7) is 4.22. The van der Waals surface area contributed by atoms with Crippen LogP contribution in [0.5, 0.6) is 0 Å². The van der Waals surface area contributed by atoms with Crippen molar-refractivity contribution in [3.63, 3.8) is 0 Å². The van der Waals surface area contributed by atoms with Crippen molar-refractivity contribution in [1.29, 1.82) is 0 Å². The number of hydrogen-bond donors (Lipinski definition) is 1. The van der Waals surface area contributed by atoms with E-state index in [-0.39, 0.29) is 0 Å². The third kappa shape index (κ3) is 2.93. The minimum absolute atomic E-state index is 0.293. The predicted molar refractivity (Wildman–Crippen MR) is 87.7 cm³/mol. The van der Waals surface area contributed by atoms with Crippen LogP contribution in [0.3, 0.4) is 0 Å². The molecule has 1 aromatic heterocycles. The molecule has 0 amide bonds. The Labute approximate surface area is 130 Å². The van der Waals surface area contributed by atoms with Crippen LogP contribution in [0.25, 0.3) is 0 Å². The number of rotatable bonds is 4. The maximum atomic E-state index is 5.90. The molecule has 0 radical (unpaired) electrons. The van der Waals surface area contributed by atoms with Crippen LogP contribution >= 0.6 is 11.8 Å². The second-order valence-electron chi connectivity index (χ2n) is 5.90. The highest BCUT2D eigenvalue weighted by atomic mass is 32.2. The van der Waals surface area contributed by atoms with Crippen molar-refractivity contribution in [3.05, 3.63) is 35.4 Å². The van der Waals surface area contributed by atoms with Crippen molar-refractivity contribution in [3.8, 4) is 0 Å². The summed E-state index contributed by atoms with van der Waals surface area (Å²) in [6.07, 6.45) is 3.75. The average molecular weight is 302 g/mol. The van der Waals surface area contributed by atoms with Crippen LogP contribution in [0.1, 0.15) is 49.8 Å². The van der Waals surface area contributed by atoms with Crippen molar-refractivity contribution in [2.75, 3.05) is 11.5 Å². The Morgan fingerprint density at radius 2 is 2.14 bits per heavy atom. The molecule has 112 valence electrons. The van der Waals surface area contributed by atoms with E-state index in [1.807, 2.05) is 4.57 Å². The number of aryl methyl sites for hydroxylation is 1. The summed E-state index contributed by atoms with van der Waals surface area (Å²) in [6, 6.07) is 9.13. The van der Waals surface area contributed by atoms with Gasteiger partial charge in [-0.1, -0.05) is 36.0 Å². The van der Waals surface area contributed by atoms with Gasteiger partial charge in [0.25, 0.3) is 0 Å². The van der Waals surface area contributed by atoms with E-state index in [1.54, 1.807) is 11.8 Å². The number of thioether (sulfide) groups is 1. The molecule has 5 heteroatoms. The summed E-state index contributed by atoms with van der Waals surface area (Å²) >= 11 is 1.78. The van der Waals surface area contributed by atoms with Crippen molar-refractivity contribution in [2.45, 2.75) is 50.2 Å². The summed E-state index contributed by atoms with van der Waals surface area (Å²) in [4.78, 5) is 0. The molecule has 0 bridgehead atoms. The highest BCUT2D eigenvalue weighted by Crippen LogP contribution is 2.36. The van der Waals surface area contributed by atoms with E-state index >= 15 is 0 Å². The molecule has 1 aliphatic rings. The van der Waals surface area contributed by atoms with Gasteiger partial charge in [0.15, 0.2) is 5.16 Å². The zero-order valence-electron chi connectivity index (χ0n) is 12.6. The highest BCUT2D eigenvalue weighted by molar-refractivity contribution is 7.99. The number of aromatic nitrogens is 3. The predicted octanol–water partition coefficient (Wildman–Crippen LogP) is 3.65. The van der Waals surface area contributed by atoms with Gasteiger partial charge in [-0.05, 0) is 50.2 Å². The monoisotopic (exact) mass is 302 g/mol. The van der Waals surface area contributed by atoms with Gasteiger partial charge in [-0.15, -0.1) is 10.2 Å². The van der Waals surface area contributed by atoms with Crippen LogP contribution in [0.15, 0.2) is 29.4 Å². The van der Waals surface area contributed by atoms with Crippen molar-refractivity contribution >= 4 is 17.7 Å². The quantitative estimate of drug-likeness (QED) is 0.876. The van der Waals surface area contributed by atoms with Crippen LogP contribution < -0.4 is 5.73 Å². The van der Waals surface area contributed by atoms with E-state index in [4.69, 9.17) is 5.73 Å². The number of benzene rings is 1. The van der Waals surface area contributed by atoms with E-state index < -0.39 is 0 Å². The molecule has 21 heavy (non-hydrogen) atoms. The van der Waals surface area contributed by atoms with Crippen molar-refractivity contribution in [1.82, 2.24) is 14.8 Å². The molecule has 0 saturated heterocycles. The largest absolute Gasteiger partial charge is 0.368 e. The summed E-state index contributed by atoms with van der Waals surface area (Å²) in [5.74, 6) is 2.16. The SMILES string of the molecule is CC(C)n1c(N)nnc1SCC1CCCc2ccccc21. The number of anilines is 1. The molecule has 0 aliphatic heterocycles. The standard InChI is InChI=1S/C16H22N4S/c1-11(2)20-15(17)18-19-16(20)21-10-13-8-5-7-12-6-3-4-9-14(12)13/h3-4,6,9,11,13H,5,7-8,10H2,1-2H3,(H2,17,18). The Kier molecular flexibility index (Phi) is 4.19. The first-order valence-corrected chi connectivity index (χ1v) is 8.56. The normalized spacial score (nSPS) is 18.0. The third-order valence-corrected chi connectivity index (χ3v) is 5.22. The molecule has 1 atom stereocenters. The van der Waals surface area contributed by atoms with E-state index in [0.717, 1.165) is 10.9 Å². The molecular weight excluding hydrogens is 280 g/mol. The molecule has 1 heterocycles. The topological polar surface area (TPSA) is 56.7 Å². The van der Waals surface area contributed by atoms with Crippen LogP contribution in [-0.4, -0.2) is 20.5 Å². The number of fused-ring (bicyclic) bond motifs is 1. The summed E-state index contributed by atoms with van der Waals surface area (Å²) in [5, 5.41) is 9.18. The van der Waals surface area contributed by atoms with Gasteiger partial charge in [-0.2, -0.15) is 0 Å². The summed E-state index contributed by atoms with van der Waals surface area (Å²) in [5.41, 5.74) is 8.93. The van der Waals surface area contributed by atoms with Crippen LogP contribution in [0.4, 0.5) is 5.95 Å². The highest BCUT2D eigenvalue weighted by Gasteiger charge is 2.21. The summed E-state index contributed by atoms with van der Waals surface area (Å²) in [7, 11) is 0. The Hall–Kier alpha value is -1.49. The average Bonchev–Trinajstić information content (AvgIpc) is 2.86. The van der Waals surface area contributed by atoms with E-state index in [9.17, 15) is 0 Å². The number of hydrogen-bond acceptors (Lipinski definition) is 4. The number of nitrogens with two attached hydrogens (primary N) is 1. The fourth-order valence-electron chi connectivity index (χ4n) is 3.07. The molecule has 0 fully saturated rings. The lowest BCUT2D eigenvalue weighted by molar-refractivity contribution is 0.554.